The molecule has 0 bridgehead atoms. The van der Waals surface area contributed by atoms with Crippen LogP contribution in [0.1, 0.15) is 43.9 Å². The van der Waals surface area contributed by atoms with Crippen LogP contribution in [-0.4, -0.2) is 13.7 Å². The average molecular weight is 317 g/mol. The number of furan rings is 1. The van der Waals surface area contributed by atoms with Crippen LogP contribution in [0.3, 0.4) is 0 Å². The Labute approximate surface area is 138 Å². The van der Waals surface area contributed by atoms with Crippen LogP contribution in [0.2, 0.25) is 0 Å². The standard InChI is InChI=1S/C19H27NO3/c1-13(2)12-22-18-9-7-16(10-19(18)21-5)15(4)20-11-17-8-6-14(3)23-17/h6-10,13,15,20H,11-12H2,1-5H3. The molecule has 1 aromatic carbocycles. The Morgan fingerprint density at radius 2 is 1.87 bits per heavy atom. The monoisotopic (exact) mass is 317 g/mol. The van der Waals surface area contributed by atoms with Crippen LogP contribution < -0.4 is 14.8 Å². The second-order valence-corrected chi connectivity index (χ2v) is 6.23. The molecule has 0 saturated carbocycles. The summed E-state index contributed by atoms with van der Waals surface area (Å²) in [6.45, 7) is 9.71. The van der Waals surface area contributed by atoms with Crippen molar-refractivity contribution in [3.63, 3.8) is 0 Å². The molecular formula is C19H27NO3. The molecule has 1 N–H and O–H groups in total. The van der Waals surface area contributed by atoms with Crippen molar-refractivity contribution in [1.29, 1.82) is 0 Å². The van der Waals surface area contributed by atoms with Crippen LogP contribution >= 0.6 is 0 Å². The highest BCUT2D eigenvalue weighted by Gasteiger charge is 2.11. The van der Waals surface area contributed by atoms with E-state index in [9.17, 15) is 0 Å². The molecule has 0 aliphatic rings. The fourth-order valence-electron chi connectivity index (χ4n) is 2.28. The van der Waals surface area contributed by atoms with E-state index in [4.69, 9.17) is 13.9 Å². The van der Waals surface area contributed by atoms with E-state index in [2.05, 4.69) is 32.2 Å². The number of methoxy groups -OCH3 is 1. The topological polar surface area (TPSA) is 43.6 Å². The van der Waals surface area contributed by atoms with Crippen LogP contribution in [0, 0.1) is 12.8 Å². The summed E-state index contributed by atoms with van der Waals surface area (Å²) in [6, 6.07) is 10.2. The van der Waals surface area contributed by atoms with E-state index >= 15 is 0 Å². The van der Waals surface area contributed by atoms with Gasteiger partial charge in [-0.05, 0) is 49.6 Å². The van der Waals surface area contributed by atoms with Crippen molar-refractivity contribution in [1.82, 2.24) is 5.32 Å². The largest absolute Gasteiger partial charge is 0.493 e. The van der Waals surface area contributed by atoms with Gasteiger partial charge in [-0.2, -0.15) is 0 Å². The number of hydrogen-bond acceptors (Lipinski definition) is 4. The summed E-state index contributed by atoms with van der Waals surface area (Å²) in [5, 5.41) is 3.46. The highest BCUT2D eigenvalue weighted by molar-refractivity contribution is 5.43. The minimum atomic E-state index is 0.188. The van der Waals surface area contributed by atoms with Crippen molar-refractivity contribution in [2.24, 2.45) is 5.92 Å². The Morgan fingerprint density at radius 3 is 2.48 bits per heavy atom. The van der Waals surface area contributed by atoms with Crippen LogP contribution in [0.5, 0.6) is 11.5 Å². The van der Waals surface area contributed by atoms with Crippen LogP contribution in [0.25, 0.3) is 0 Å². The van der Waals surface area contributed by atoms with Crippen molar-refractivity contribution < 1.29 is 13.9 Å². The third kappa shape index (κ3) is 5.03. The minimum absolute atomic E-state index is 0.188. The van der Waals surface area contributed by atoms with Crippen LogP contribution in [0.15, 0.2) is 34.7 Å². The lowest BCUT2D eigenvalue weighted by Crippen LogP contribution is -2.18. The third-order valence-corrected chi connectivity index (χ3v) is 3.64. The second-order valence-electron chi connectivity index (χ2n) is 6.23. The van der Waals surface area contributed by atoms with Crippen molar-refractivity contribution in [3.8, 4) is 11.5 Å². The van der Waals surface area contributed by atoms with E-state index in [0.717, 1.165) is 28.6 Å². The molecule has 1 heterocycles. The molecule has 2 aromatic rings. The molecule has 0 saturated heterocycles. The molecule has 0 spiro atoms. The lowest BCUT2D eigenvalue weighted by molar-refractivity contribution is 0.256. The third-order valence-electron chi connectivity index (χ3n) is 3.64. The zero-order chi connectivity index (χ0) is 16.8. The number of aryl methyl sites for hydroxylation is 1. The lowest BCUT2D eigenvalue weighted by atomic mass is 10.1. The summed E-state index contributed by atoms with van der Waals surface area (Å²) in [4.78, 5) is 0. The number of hydrogen-bond donors (Lipinski definition) is 1. The maximum Gasteiger partial charge on any atom is 0.161 e. The summed E-state index contributed by atoms with van der Waals surface area (Å²) in [5.41, 5.74) is 1.15. The smallest absolute Gasteiger partial charge is 0.161 e. The summed E-state index contributed by atoms with van der Waals surface area (Å²) >= 11 is 0. The molecule has 1 unspecified atom stereocenters. The van der Waals surface area contributed by atoms with Gasteiger partial charge in [0.2, 0.25) is 0 Å². The first-order valence-electron chi connectivity index (χ1n) is 8.09. The van der Waals surface area contributed by atoms with Gasteiger partial charge in [0.25, 0.3) is 0 Å². The van der Waals surface area contributed by atoms with Crippen LogP contribution in [0.4, 0.5) is 0 Å². The van der Waals surface area contributed by atoms with E-state index in [-0.39, 0.29) is 6.04 Å². The Balaban J connectivity index is 2.00. The van der Waals surface area contributed by atoms with Gasteiger partial charge < -0.3 is 19.2 Å². The number of ether oxygens (including phenoxy) is 2. The first-order valence-corrected chi connectivity index (χ1v) is 8.09. The van der Waals surface area contributed by atoms with Gasteiger partial charge in [0.1, 0.15) is 11.5 Å². The Hall–Kier alpha value is -1.94. The molecule has 0 radical (unpaired) electrons. The molecule has 0 aliphatic carbocycles. The molecule has 4 nitrogen and oxygen atoms in total. The van der Waals surface area contributed by atoms with Gasteiger partial charge in [-0.3, -0.25) is 0 Å². The molecule has 4 heteroatoms. The average Bonchev–Trinajstić information content (AvgIpc) is 2.95. The Bertz CT molecular complexity index is 619. The Kier molecular flexibility index (Phi) is 6.11. The van der Waals surface area contributed by atoms with Crippen molar-refractivity contribution in [3.05, 3.63) is 47.4 Å². The maximum atomic E-state index is 5.80. The SMILES string of the molecule is COc1cc(C(C)NCc2ccc(C)o2)ccc1OCC(C)C. The fraction of sp³-hybridized carbons (Fsp3) is 0.474. The van der Waals surface area contributed by atoms with Crippen molar-refractivity contribution in [2.45, 2.75) is 40.3 Å². The quantitative estimate of drug-likeness (QED) is 0.779. The second kappa shape index (κ2) is 8.06. The van der Waals surface area contributed by atoms with E-state index < -0.39 is 0 Å². The van der Waals surface area contributed by atoms with Gasteiger partial charge in [-0.25, -0.2) is 0 Å². The van der Waals surface area contributed by atoms with Crippen molar-refractivity contribution >= 4 is 0 Å². The first-order chi connectivity index (χ1) is 11.0. The van der Waals surface area contributed by atoms with Crippen molar-refractivity contribution in [2.75, 3.05) is 13.7 Å². The number of benzene rings is 1. The molecule has 23 heavy (non-hydrogen) atoms. The van der Waals surface area contributed by atoms with Gasteiger partial charge >= 0.3 is 0 Å². The van der Waals surface area contributed by atoms with Gasteiger partial charge in [0, 0.05) is 6.04 Å². The van der Waals surface area contributed by atoms with E-state index in [1.807, 2.05) is 31.2 Å². The molecule has 1 aromatic heterocycles. The summed E-state index contributed by atoms with van der Waals surface area (Å²) < 4.78 is 16.8. The minimum Gasteiger partial charge on any atom is -0.493 e. The maximum absolute atomic E-state index is 5.80. The van der Waals surface area contributed by atoms with Gasteiger partial charge in [0.15, 0.2) is 11.5 Å². The van der Waals surface area contributed by atoms with Gasteiger partial charge in [0.05, 0.1) is 20.3 Å². The highest BCUT2D eigenvalue weighted by Crippen LogP contribution is 2.30. The predicted octanol–water partition coefficient (Wildman–Crippen LogP) is 4.48. The first kappa shape index (κ1) is 17.4. The fourth-order valence-corrected chi connectivity index (χ4v) is 2.28. The molecule has 2 rings (SSSR count). The molecule has 1 atom stereocenters. The van der Waals surface area contributed by atoms with Crippen LogP contribution in [-0.2, 0) is 6.54 Å². The zero-order valence-electron chi connectivity index (χ0n) is 14.7. The summed E-state index contributed by atoms with van der Waals surface area (Å²) in [6.07, 6.45) is 0. The lowest BCUT2D eigenvalue weighted by Gasteiger charge is -2.17. The normalized spacial score (nSPS) is 12.4. The van der Waals surface area contributed by atoms with E-state index in [0.29, 0.717) is 19.1 Å². The molecule has 0 aliphatic heterocycles. The zero-order valence-corrected chi connectivity index (χ0v) is 14.7. The van der Waals surface area contributed by atoms with E-state index in [1.165, 1.54) is 0 Å². The van der Waals surface area contributed by atoms with Gasteiger partial charge in [-0.1, -0.05) is 19.9 Å². The Morgan fingerprint density at radius 1 is 1.09 bits per heavy atom. The highest BCUT2D eigenvalue weighted by atomic mass is 16.5. The molecule has 0 amide bonds. The van der Waals surface area contributed by atoms with E-state index in [1.54, 1.807) is 7.11 Å². The molecular weight excluding hydrogens is 290 g/mol. The number of nitrogens with one attached hydrogen (secondary N) is 1. The molecule has 0 fully saturated rings. The summed E-state index contributed by atoms with van der Waals surface area (Å²) in [5.74, 6) is 3.92. The van der Waals surface area contributed by atoms with Gasteiger partial charge in [-0.15, -0.1) is 0 Å². The summed E-state index contributed by atoms with van der Waals surface area (Å²) in [7, 11) is 1.67. The number of rotatable bonds is 8. The molecule has 126 valence electrons. The predicted molar refractivity (Wildman–Crippen MR) is 92.0 cm³/mol.